The lowest BCUT2D eigenvalue weighted by Gasteiger charge is -2.15. The van der Waals surface area contributed by atoms with Gasteiger partial charge in [0.25, 0.3) is 0 Å². The van der Waals surface area contributed by atoms with Gasteiger partial charge in [-0.2, -0.15) is 5.26 Å². The number of hydrogen-bond donors (Lipinski definition) is 0. The summed E-state index contributed by atoms with van der Waals surface area (Å²) < 4.78 is 6.83. The number of aromatic nitrogens is 3. The highest BCUT2D eigenvalue weighted by atomic mass is 15.0. The minimum Gasteiger partial charge on any atom is -0.318 e. The van der Waals surface area contributed by atoms with Crippen molar-refractivity contribution < 1.29 is 0 Å². The lowest BCUT2D eigenvalue weighted by molar-refractivity contribution is 1.15. The van der Waals surface area contributed by atoms with Crippen LogP contribution in [0, 0.1) is 17.9 Å². The molecule has 3 heterocycles. The van der Waals surface area contributed by atoms with Crippen molar-refractivity contribution in [3.8, 4) is 34.3 Å². The lowest BCUT2D eigenvalue weighted by Crippen LogP contribution is -1.98. The number of nitrogens with zero attached hydrogens (tertiary/aromatic N) is 5. The van der Waals surface area contributed by atoms with Crippen LogP contribution in [0.4, 0.5) is 5.69 Å². The first kappa shape index (κ1) is 30.7. The smallest absolute Gasteiger partial charge is 0.210 e. The molecule has 0 unspecified atom stereocenters. The molecule has 0 aliphatic rings. The van der Waals surface area contributed by atoms with Crippen LogP contribution in [-0.4, -0.2) is 13.7 Å². The molecule has 0 saturated heterocycles. The quantitative estimate of drug-likeness (QED) is 0.169. The molecule has 0 bridgehead atoms. The zero-order chi connectivity index (χ0) is 36.6. The van der Waals surface area contributed by atoms with Crippen LogP contribution in [0.1, 0.15) is 5.56 Å². The summed E-state index contributed by atoms with van der Waals surface area (Å²) in [7, 11) is 0. The molecule has 0 fully saturated rings. The van der Waals surface area contributed by atoms with Gasteiger partial charge in [-0.1, -0.05) is 115 Å². The van der Waals surface area contributed by atoms with Crippen LogP contribution in [0.25, 0.3) is 98.5 Å². The van der Waals surface area contributed by atoms with Crippen LogP contribution in [-0.2, 0) is 0 Å². The molecule has 11 rings (SSSR count). The predicted molar refractivity (Wildman–Crippen MR) is 226 cm³/mol. The normalized spacial score (nSPS) is 11.6. The van der Waals surface area contributed by atoms with Crippen LogP contribution in [0.3, 0.4) is 0 Å². The van der Waals surface area contributed by atoms with E-state index in [0.29, 0.717) is 11.3 Å². The second-order valence-electron chi connectivity index (χ2n) is 14.0. The Hall–Kier alpha value is -7.86. The third-order valence-electron chi connectivity index (χ3n) is 11.1. The van der Waals surface area contributed by atoms with E-state index < -0.39 is 0 Å². The molecule has 0 N–H and O–H groups in total. The SMILES string of the molecule is [C-]#[N+]c1ccc(-c2cccc(-n3c4ccccc4c4ccc(-n5c6ccccc6c6ccccc65)cc43)c2)cc1-n1c2ccccc2c2cccc(C#N)c21. The highest BCUT2D eigenvalue weighted by molar-refractivity contribution is 6.13. The van der Waals surface area contributed by atoms with Gasteiger partial charge in [0, 0.05) is 43.7 Å². The average molecular weight is 700 g/mol. The molecule has 0 saturated carbocycles. The van der Waals surface area contributed by atoms with Crippen LogP contribution < -0.4 is 0 Å². The fourth-order valence-electron chi connectivity index (χ4n) is 8.74. The summed E-state index contributed by atoms with van der Waals surface area (Å²) in [6, 6.07) is 63.7. The number of hydrogen-bond acceptors (Lipinski definition) is 1. The first-order valence-electron chi connectivity index (χ1n) is 18.3. The van der Waals surface area contributed by atoms with Crippen LogP contribution in [0.5, 0.6) is 0 Å². The molecule has 0 amide bonds. The highest BCUT2D eigenvalue weighted by Gasteiger charge is 2.20. The fourth-order valence-corrected chi connectivity index (χ4v) is 8.74. The minimum atomic E-state index is 0.523. The summed E-state index contributed by atoms with van der Waals surface area (Å²) >= 11 is 0. The van der Waals surface area contributed by atoms with Gasteiger partial charge in [0.05, 0.1) is 50.9 Å². The Balaban J connectivity index is 1.12. The number of para-hydroxylation sites is 5. The maximum Gasteiger partial charge on any atom is 0.210 e. The Labute approximate surface area is 316 Å². The van der Waals surface area contributed by atoms with E-state index >= 15 is 0 Å². The molecular formula is C50H29N5. The van der Waals surface area contributed by atoms with E-state index in [0.717, 1.165) is 61.0 Å². The van der Waals surface area contributed by atoms with Crippen molar-refractivity contribution in [3.05, 3.63) is 193 Å². The molecule has 0 radical (unpaired) electrons. The van der Waals surface area contributed by atoms with Crippen molar-refractivity contribution in [2.24, 2.45) is 0 Å². The summed E-state index contributed by atoms with van der Waals surface area (Å²) in [5.41, 5.74) is 12.4. The van der Waals surface area contributed by atoms with Gasteiger partial charge in [-0.05, 0) is 71.8 Å². The number of rotatable bonds is 4. The van der Waals surface area contributed by atoms with Gasteiger partial charge in [-0.15, -0.1) is 0 Å². The first-order chi connectivity index (χ1) is 27.2. The summed E-state index contributed by atoms with van der Waals surface area (Å²) in [6.45, 7) is 8.16. The van der Waals surface area contributed by atoms with E-state index in [4.69, 9.17) is 6.57 Å². The highest BCUT2D eigenvalue weighted by Crippen LogP contribution is 2.40. The Bertz CT molecular complexity index is 3420. The van der Waals surface area contributed by atoms with E-state index in [9.17, 15) is 5.26 Å². The average Bonchev–Trinajstić information content (AvgIpc) is 3.89. The summed E-state index contributed by atoms with van der Waals surface area (Å²) in [4.78, 5) is 3.96. The molecule has 55 heavy (non-hydrogen) atoms. The Kier molecular flexibility index (Phi) is 6.61. The standard InChI is InChI=1S/C50H29N5/c1-52-43-27-24-33(29-49(43)55-47-23-9-5-18-40(47)42-19-11-13-34(31-51)50(42)55)32-12-10-14-35(28-32)54-46-22-8-4-17-39(46)41-26-25-36(30-48(41)54)53-44-20-6-2-15-37(44)38-16-3-7-21-45(38)53/h2-30H. The first-order valence-corrected chi connectivity index (χ1v) is 18.3. The van der Waals surface area contributed by atoms with Crippen molar-refractivity contribution in [1.29, 1.82) is 5.26 Å². The third kappa shape index (κ3) is 4.45. The molecule has 11 aromatic rings. The van der Waals surface area contributed by atoms with Crippen molar-refractivity contribution >= 4 is 71.1 Å². The van der Waals surface area contributed by atoms with Crippen LogP contribution >= 0.6 is 0 Å². The molecular weight excluding hydrogens is 671 g/mol. The van der Waals surface area contributed by atoms with Gasteiger partial charge in [0.1, 0.15) is 6.07 Å². The van der Waals surface area contributed by atoms with E-state index in [2.05, 4.69) is 164 Å². The number of nitriles is 1. The van der Waals surface area contributed by atoms with Gasteiger partial charge in [-0.25, -0.2) is 4.85 Å². The van der Waals surface area contributed by atoms with Gasteiger partial charge in [0.2, 0.25) is 5.69 Å². The molecule has 3 aromatic heterocycles. The second-order valence-corrected chi connectivity index (χ2v) is 14.0. The van der Waals surface area contributed by atoms with Crippen LogP contribution in [0.15, 0.2) is 176 Å². The lowest BCUT2D eigenvalue weighted by atomic mass is 10.0. The minimum absolute atomic E-state index is 0.523. The molecule has 8 aromatic carbocycles. The monoisotopic (exact) mass is 699 g/mol. The number of fused-ring (bicyclic) bond motifs is 9. The van der Waals surface area contributed by atoms with E-state index in [-0.39, 0.29) is 0 Å². The van der Waals surface area contributed by atoms with E-state index in [1.165, 1.54) is 32.6 Å². The van der Waals surface area contributed by atoms with Gasteiger partial charge in [-0.3, -0.25) is 0 Å². The molecule has 5 heteroatoms. The predicted octanol–water partition coefficient (Wildman–Crippen LogP) is 13.1. The maximum absolute atomic E-state index is 10.2. The molecule has 0 aliphatic carbocycles. The molecule has 5 nitrogen and oxygen atoms in total. The van der Waals surface area contributed by atoms with Gasteiger partial charge in [0.15, 0.2) is 0 Å². The van der Waals surface area contributed by atoms with Crippen molar-refractivity contribution in [3.63, 3.8) is 0 Å². The Morgan fingerprint density at radius 3 is 1.56 bits per heavy atom. The maximum atomic E-state index is 10.2. The zero-order valence-corrected chi connectivity index (χ0v) is 29.5. The Morgan fingerprint density at radius 1 is 0.418 bits per heavy atom. The second kappa shape index (κ2) is 11.8. The van der Waals surface area contributed by atoms with Crippen LogP contribution in [0.2, 0.25) is 0 Å². The fraction of sp³-hybridized carbons (Fsp3) is 0. The zero-order valence-electron chi connectivity index (χ0n) is 29.5. The summed E-state index contributed by atoms with van der Waals surface area (Å²) in [5, 5.41) is 17.1. The van der Waals surface area contributed by atoms with E-state index in [1.54, 1.807) is 0 Å². The van der Waals surface area contributed by atoms with Crippen molar-refractivity contribution in [2.75, 3.05) is 0 Å². The number of benzene rings is 8. The van der Waals surface area contributed by atoms with E-state index in [1.807, 2.05) is 36.4 Å². The summed E-state index contributed by atoms with van der Waals surface area (Å²) in [5.74, 6) is 0. The molecule has 0 spiro atoms. The van der Waals surface area contributed by atoms with Gasteiger partial charge < -0.3 is 13.7 Å². The van der Waals surface area contributed by atoms with Gasteiger partial charge >= 0.3 is 0 Å². The largest absolute Gasteiger partial charge is 0.318 e. The molecule has 0 aliphatic heterocycles. The third-order valence-corrected chi connectivity index (χ3v) is 11.1. The van der Waals surface area contributed by atoms with Crippen molar-refractivity contribution in [1.82, 2.24) is 13.7 Å². The Morgan fingerprint density at radius 2 is 0.927 bits per heavy atom. The summed E-state index contributed by atoms with van der Waals surface area (Å²) in [6.07, 6.45) is 0. The molecule has 254 valence electrons. The van der Waals surface area contributed by atoms with Crippen molar-refractivity contribution in [2.45, 2.75) is 0 Å². The molecule has 0 atom stereocenters. The topological polar surface area (TPSA) is 42.9 Å².